The van der Waals surface area contributed by atoms with E-state index in [1.54, 1.807) is 24.3 Å². The zero-order valence-corrected chi connectivity index (χ0v) is 23.1. The van der Waals surface area contributed by atoms with Crippen LogP contribution in [0.15, 0.2) is 66.7 Å². The maximum atomic E-state index is 13.3. The molecule has 0 bridgehead atoms. The number of piperidine rings is 1. The van der Waals surface area contributed by atoms with Crippen LogP contribution in [0, 0.1) is 10.1 Å². The van der Waals surface area contributed by atoms with Crippen molar-refractivity contribution in [3.05, 3.63) is 99.1 Å². The number of methoxy groups -OCH3 is 1. The number of fused-ring (bicyclic) bond motifs is 1. The first-order valence-corrected chi connectivity index (χ1v) is 13.7. The Hall–Kier alpha value is -5.03. The molecule has 0 radical (unpaired) electrons. The Balaban J connectivity index is 1.48. The van der Waals surface area contributed by atoms with E-state index in [0.717, 1.165) is 25.3 Å². The molecule has 2 heterocycles. The van der Waals surface area contributed by atoms with Crippen molar-refractivity contribution in [3.63, 3.8) is 0 Å². The van der Waals surface area contributed by atoms with Crippen molar-refractivity contribution in [2.24, 2.45) is 0 Å². The van der Waals surface area contributed by atoms with Gasteiger partial charge in [0.05, 0.1) is 23.3 Å². The van der Waals surface area contributed by atoms with Gasteiger partial charge in [-0.05, 0) is 67.4 Å². The number of nitro groups is 1. The number of hydrogen-bond acceptors (Lipinski definition) is 8. The molecule has 1 saturated heterocycles. The number of esters is 1. The zero-order chi connectivity index (χ0) is 29.6. The van der Waals surface area contributed by atoms with E-state index in [9.17, 15) is 24.5 Å². The SMILES string of the molecule is COC(=O)CNC(=O)c1ccc(/C(Nc2ccc(CN3CCCCC3)cc2)=C2/C(=O)Nc3ccc([N+](=O)[O-])cc32)cc1. The van der Waals surface area contributed by atoms with Crippen molar-refractivity contribution >= 4 is 46.1 Å². The number of carbonyl (C=O) groups excluding carboxylic acids is 3. The molecular weight excluding hydrogens is 538 g/mol. The van der Waals surface area contributed by atoms with Crippen LogP contribution in [0.25, 0.3) is 11.3 Å². The molecule has 0 atom stereocenters. The van der Waals surface area contributed by atoms with Crippen LogP contribution in [-0.2, 0) is 20.9 Å². The molecule has 216 valence electrons. The topological polar surface area (TPSA) is 143 Å². The molecule has 1 fully saturated rings. The van der Waals surface area contributed by atoms with Crippen LogP contribution in [0.4, 0.5) is 17.1 Å². The number of benzene rings is 3. The average molecular weight is 570 g/mol. The fraction of sp³-hybridized carbons (Fsp3) is 0.258. The van der Waals surface area contributed by atoms with E-state index < -0.39 is 22.7 Å². The number of nitrogens with one attached hydrogen (secondary N) is 3. The van der Waals surface area contributed by atoms with E-state index in [4.69, 9.17) is 0 Å². The van der Waals surface area contributed by atoms with Crippen LogP contribution in [0.2, 0.25) is 0 Å². The number of nitrogens with zero attached hydrogens (tertiary/aromatic N) is 2. The molecular formula is C31H31N5O6. The highest BCUT2D eigenvalue weighted by Crippen LogP contribution is 2.39. The summed E-state index contributed by atoms with van der Waals surface area (Å²) >= 11 is 0. The predicted molar refractivity (Wildman–Crippen MR) is 159 cm³/mol. The van der Waals surface area contributed by atoms with Gasteiger partial charge in [0.25, 0.3) is 17.5 Å². The van der Waals surface area contributed by atoms with Gasteiger partial charge in [0.2, 0.25) is 0 Å². The van der Waals surface area contributed by atoms with Gasteiger partial charge in [-0.15, -0.1) is 0 Å². The van der Waals surface area contributed by atoms with Crippen molar-refractivity contribution in [2.45, 2.75) is 25.8 Å². The zero-order valence-electron chi connectivity index (χ0n) is 23.1. The first-order chi connectivity index (χ1) is 20.3. The number of amides is 2. The highest BCUT2D eigenvalue weighted by Gasteiger charge is 2.30. The maximum Gasteiger partial charge on any atom is 0.325 e. The number of likely N-dealkylation sites (tertiary alicyclic amines) is 1. The Morgan fingerprint density at radius 1 is 0.976 bits per heavy atom. The second-order valence-corrected chi connectivity index (χ2v) is 10.2. The summed E-state index contributed by atoms with van der Waals surface area (Å²) < 4.78 is 4.56. The van der Waals surface area contributed by atoms with Crippen molar-refractivity contribution in [3.8, 4) is 0 Å². The molecule has 5 rings (SSSR count). The summed E-state index contributed by atoms with van der Waals surface area (Å²) in [6.45, 7) is 2.78. The monoisotopic (exact) mass is 569 g/mol. The quantitative estimate of drug-likeness (QED) is 0.149. The lowest BCUT2D eigenvalue weighted by molar-refractivity contribution is -0.384. The predicted octanol–water partition coefficient (Wildman–Crippen LogP) is 4.42. The summed E-state index contributed by atoms with van der Waals surface area (Å²) in [5, 5.41) is 20.2. The highest BCUT2D eigenvalue weighted by molar-refractivity contribution is 6.37. The second kappa shape index (κ2) is 12.6. The van der Waals surface area contributed by atoms with Crippen LogP contribution in [0.1, 0.15) is 46.3 Å². The van der Waals surface area contributed by atoms with Gasteiger partial charge in [-0.1, -0.05) is 30.7 Å². The smallest absolute Gasteiger partial charge is 0.325 e. The van der Waals surface area contributed by atoms with Crippen LogP contribution in [0.5, 0.6) is 0 Å². The fourth-order valence-electron chi connectivity index (χ4n) is 5.12. The van der Waals surface area contributed by atoms with Crippen molar-refractivity contribution in [1.82, 2.24) is 10.2 Å². The molecule has 11 nitrogen and oxygen atoms in total. The van der Waals surface area contributed by atoms with Gasteiger partial charge in [-0.2, -0.15) is 0 Å². The molecule has 0 unspecified atom stereocenters. The van der Waals surface area contributed by atoms with Crippen molar-refractivity contribution in [1.29, 1.82) is 0 Å². The maximum absolute atomic E-state index is 13.3. The van der Waals surface area contributed by atoms with E-state index in [2.05, 4.69) is 25.6 Å². The van der Waals surface area contributed by atoms with Crippen LogP contribution >= 0.6 is 0 Å². The minimum absolute atomic E-state index is 0.137. The van der Waals surface area contributed by atoms with Crippen molar-refractivity contribution < 1.29 is 24.0 Å². The molecule has 11 heteroatoms. The van der Waals surface area contributed by atoms with Gasteiger partial charge in [-0.3, -0.25) is 29.4 Å². The van der Waals surface area contributed by atoms with Gasteiger partial charge in [-0.25, -0.2) is 0 Å². The fourth-order valence-corrected chi connectivity index (χ4v) is 5.12. The Kier molecular flexibility index (Phi) is 8.58. The summed E-state index contributed by atoms with van der Waals surface area (Å²) in [4.78, 5) is 50.6. The summed E-state index contributed by atoms with van der Waals surface area (Å²) in [6.07, 6.45) is 3.70. The number of carbonyl (C=O) groups is 3. The minimum atomic E-state index is -0.571. The highest BCUT2D eigenvalue weighted by atomic mass is 16.6. The van der Waals surface area contributed by atoms with Gasteiger partial charge < -0.3 is 20.7 Å². The summed E-state index contributed by atoms with van der Waals surface area (Å²) in [5.74, 6) is -1.44. The number of anilines is 2. The van der Waals surface area contributed by atoms with Crippen LogP contribution in [0.3, 0.4) is 0 Å². The van der Waals surface area contributed by atoms with E-state index in [-0.39, 0.29) is 17.8 Å². The third-order valence-electron chi connectivity index (χ3n) is 7.34. The number of nitro benzene ring substituents is 1. The van der Waals surface area contributed by atoms with E-state index in [1.807, 2.05) is 24.3 Å². The number of hydrogen-bond donors (Lipinski definition) is 3. The molecule has 42 heavy (non-hydrogen) atoms. The number of non-ortho nitro benzene ring substituents is 1. The molecule has 2 aliphatic heterocycles. The lowest BCUT2D eigenvalue weighted by Gasteiger charge is -2.26. The Morgan fingerprint density at radius 3 is 2.33 bits per heavy atom. The molecule has 0 saturated carbocycles. The molecule has 0 aliphatic carbocycles. The van der Waals surface area contributed by atoms with Crippen LogP contribution < -0.4 is 16.0 Å². The first kappa shape index (κ1) is 28.5. The van der Waals surface area contributed by atoms with Crippen LogP contribution in [-0.4, -0.2) is 54.4 Å². The molecule has 3 N–H and O–H groups in total. The lowest BCUT2D eigenvalue weighted by atomic mass is 9.98. The van der Waals surface area contributed by atoms with Gasteiger partial charge in [0.1, 0.15) is 6.54 Å². The molecule has 3 aromatic rings. The largest absolute Gasteiger partial charge is 0.468 e. The third-order valence-corrected chi connectivity index (χ3v) is 7.34. The van der Waals surface area contributed by atoms with E-state index in [0.29, 0.717) is 28.1 Å². The van der Waals surface area contributed by atoms with E-state index >= 15 is 0 Å². The third kappa shape index (κ3) is 6.47. The normalized spacial score (nSPS) is 15.8. The number of ether oxygens (including phenoxy) is 1. The Bertz CT molecular complexity index is 1540. The summed E-state index contributed by atoms with van der Waals surface area (Å²) in [5.41, 5.74) is 4.20. The summed E-state index contributed by atoms with van der Waals surface area (Å²) in [6, 6.07) is 18.7. The standard InChI is InChI=1S/C31H31N5O6/c1-42-27(37)18-32-30(38)22-9-7-21(8-10-22)29(28-25-17-24(36(40)41)13-14-26(25)34-31(28)39)33-23-11-5-20(6-12-23)19-35-15-3-2-4-16-35/h5-14,17,33H,2-4,15-16,18-19H2,1H3,(H,32,38)(H,34,39)/b29-28-. The molecule has 2 amide bonds. The Labute approximate surface area is 242 Å². The van der Waals surface area contributed by atoms with Crippen molar-refractivity contribution in [2.75, 3.05) is 37.4 Å². The summed E-state index contributed by atoms with van der Waals surface area (Å²) in [7, 11) is 1.24. The van der Waals surface area contributed by atoms with Gasteiger partial charge in [0, 0.05) is 41.2 Å². The molecule has 3 aromatic carbocycles. The molecule has 0 spiro atoms. The average Bonchev–Trinajstić information content (AvgIpc) is 3.34. The number of rotatable bonds is 9. The van der Waals surface area contributed by atoms with Gasteiger partial charge in [0.15, 0.2) is 0 Å². The Morgan fingerprint density at radius 2 is 1.67 bits per heavy atom. The minimum Gasteiger partial charge on any atom is -0.468 e. The second-order valence-electron chi connectivity index (χ2n) is 10.2. The first-order valence-electron chi connectivity index (χ1n) is 13.7. The van der Waals surface area contributed by atoms with Gasteiger partial charge >= 0.3 is 5.97 Å². The lowest BCUT2D eigenvalue weighted by Crippen LogP contribution is -2.30. The molecule has 2 aliphatic rings. The van der Waals surface area contributed by atoms with E-state index in [1.165, 1.54) is 50.1 Å². The molecule has 0 aromatic heterocycles.